The van der Waals surface area contributed by atoms with Crippen molar-refractivity contribution < 1.29 is 9.21 Å². The zero-order chi connectivity index (χ0) is 19.6. The lowest BCUT2D eigenvalue weighted by atomic mass is 10.4. The number of hydrogen-bond acceptors (Lipinski definition) is 6. The van der Waals surface area contributed by atoms with E-state index in [2.05, 4.69) is 32.6 Å². The highest BCUT2D eigenvalue weighted by molar-refractivity contribution is 7.98. The largest absolute Gasteiger partial charge is 0.464 e. The summed E-state index contributed by atoms with van der Waals surface area (Å²) in [6.07, 6.45) is 4.55. The Morgan fingerprint density at radius 2 is 2.15 bits per heavy atom. The summed E-state index contributed by atoms with van der Waals surface area (Å²) in [6.45, 7) is 4.78. The van der Waals surface area contributed by atoms with Gasteiger partial charge in [-0.15, -0.1) is 0 Å². The number of urea groups is 1. The van der Waals surface area contributed by atoms with Crippen molar-refractivity contribution in [2.75, 3.05) is 32.9 Å². The molecule has 2 aromatic heterocycles. The van der Waals surface area contributed by atoms with Crippen LogP contribution in [0.5, 0.6) is 0 Å². The second kappa shape index (κ2) is 11.3. The fraction of sp³-hybridized carbons (Fsp3) is 0.556. The third-order valence-corrected chi connectivity index (χ3v) is 5.25. The molecule has 0 radical (unpaired) electrons. The molecule has 0 unspecified atom stereocenters. The van der Waals surface area contributed by atoms with Gasteiger partial charge in [-0.25, -0.2) is 9.78 Å². The normalized spacial score (nSPS) is 11.1. The van der Waals surface area contributed by atoms with Crippen molar-refractivity contribution in [1.82, 2.24) is 24.1 Å². The summed E-state index contributed by atoms with van der Waals surface area (Å²) >= 11 is 6.00. The van der Waals surface area contributed by atoms with Crippen LogP contribution < -0.4 is 5.32 Å². The summed E-state index contributed by atoms with van der Waals surface area (Å²) in [7, 11) is 4.03. The number of thioether (sulfide) groups is 1. The van der Waals surface area contributed by atoms with Gasteiger partial charge in [0.2, 0.25) is 0 Å². The first kappa shape index (κ1) is 21.7. The van der Waals surface area contributed by atoms with Crippen molar-refractivity contribution >= 4 is 30.6 Å². The maximum absolute atomic E-state index is 12.0. The standard InChI is InChI=1S/C18H29N5O2S2/c1-15-19-7-11-22(15)9-4-10-23(26)18(24)20-8-12-27-14-17-6-5-16(25-17)13-21(2)3/h5-7,11,26H,4,8-10,12-14H2,1-3H3,(H,20,24). The van der Waals surface area contributed by atoms with E-state index in [1.165, 1.54) is 4.31 Å². The first-order valence-corrected chi connectivity index (χ1v) is 10.5. The van der Waals surface area contributed by atoms with Crippen LogP contribution in [-0.2, 0) is 18.8 Å². The van der Waals surface area contributed by atoms with Gasteiger partial charge < -0.3 is 19.2 Å². The van der Waals surface area contributed by atoms with Crippen molar-refractivity contribution in [2.45, 2.75) is 32.2 Å². The monoisotopic (exact) mass is 411 g/mol. The first-order chi connectivity index (χ1) is 13.0. The Kier molecular flexibility index (Phi) is 9.09. The van der Waals surface area contributed by atoms with Crippen LogP contribution in [0.4, 0.5) is 4.79 Å². The summed E-state index contributed by atoms with van der Waals surface area (Å²) in [5.74, 6) is 4.55. The molecule has 0 atom stereocenters. The number of hydrogen-bond donors (Lipinski definition) is 2. The molecule has 0 aliphatic rings. The van der Waals surface area contributed by atoms with Crippen LogP contribution in [0.2, 0.25) is 0 Å². The second-order valence-electron chi connectivity index (χ2n) is 6.53. The van der Waals surface area contributed by atoms with E-state index in [1.54, 1.807) is 18.0 Å². The summed E-state index contributed by atoms with van der Waals surface area (Å²) < 4.78 is 9.26. The molecule has 2 aromatic rings. The second-order valence-corrected chi connectivity index (χ2v) is 8.12. The molecule has 27 heavy (non-hydrogen) atoms. The molecule has 2 amide bonds. The lowest BCUT2D eigenvalue weighted by Crippen LogP contribution is -2.36. The minimum absolute atomic E-state index is 0.160. The molecule has 150 valence electrons. The van der Waals surface area contributed by atoms with Crippen LogP contribution in [-0.4, -0.2) is 57.7 Å². The van der Waals surface area contributed by atoms with E-state index in [-0.39, 0.29) is 6.03 Å². The zero-order valence-electron chi connectivity index (χ0n) is 16.2. The molecule has 1 N–H and O–H groups in total. The van der Waals surface area contributed by atoms with E-state index < -0.39 is 0 Å². The van der Waals surface area contributed by atoms with Gasteiger partial charge >= 0.3 is 6.03 Å². The molecular formula is C18H29N5O2S2. The van der Waals surface area contributed by atoms with Crippen molar-refractivity contribution in [3.05, 3.63) is 41.9 Å². The fourth-order valence-corrected chi connectivity index (χ4v) is 3.48. The average molecular weight is 412 g/mol. The predicted octanol–water partition coefficient (Wildman–Crippen LogP) is 3.03. The number of nitrogens with zero attached hydrogens (tertiary/aromatic N) is 4. The number of carbonyl (C=O) groups excluding carboxylic acids is 1. The molecule has 9 heteroatoms. The number of nitrogens with one attached hydrogen (secondary N) is 1. The molecule has 0 saturated heterocycles. The van der Waals surface area contributed by atoms with Crippen molar-refractivity contribution in [2.24, 2.45) is 0 Å². The molecular weight excluding hydrogens is 382 g/mol. The number of carbonyl (C=O) groups is 1. The van der Waals surface area contributed by atoms with E-state index in [1.807, 2.05) is 39.3 Å². The predicted molar refractivity (Wildman–Crippen MR) is 113 cm³/mol. The van der Waals surface area contributed by atoms with Gasteiger partial charge in [-0.2, -0.15) is 11.8 Å². The topological polar surface area (TPSA) is 66.5 Å². The Morgan fingerprint density at radius 3 is 2.85 bits per heavy atom. The van der Waals surface area contributed by atoms with Gasteiger partial charge in [0.25, 0.3) is 0 Å². The van der Waals surface area contributed by atoms with Crippen LogP contribution in [0, 0.1) is 6.92 Å². The SMILES string of the molecule is Cc1nccn1CCCN(S)C(=O)NCCSCc1ccc(CN(C)C)o1. The zero-order valence-corrected chi connectivity index (χ0v) is 17.9. The highest BCUT2D eigenvalue weighted by Crippen LogP contribution is 2.16. The van der Waals surface area contributed by atoms with Gasteiger partial charge in [0.15, 0.2) is 0 Å². The molecule has 2 rings (SSSR count). The van der Waals surface area contributed by atoms with E-state index >= 15 is 0 Å². The van der Waals surface area contributed by atoms with E-state index in [0.717, 1.165) is 48.4 Å². The number of aryl methyl sites for hydroxylation is 2. The Morgan fingerprint density at radius 1 is 1.37 bits per heavy atom. The van der Waals surface area contributed by atoms with Crippen LogP contribution in [0.3, 0.4) is 0 Å². The maximum Gasteiger partial charge on any atom is 0.327 e. The molecule has 0 aliphatic carbocycles. The lowest BCUT2D eigenvalue weighted by Gasteiger charge is -2.16. The van der Waals surface area contributed by atoms with Crippen LogP contribution in [0.15, 0.2) is 28.9 Å². The first-order valence-electron chi connectivity index (χ1n) is 8.97. The van der Waals surface area contributed by atoms with Gasteiger partial charge in [0.1, 0.15) is 17.3 Å². The third-order valence-electron chi connectivity index (χ3n) is 3.88. The van der Waals surface area contributed by atoms with Crippen LogP contribution in [0.1, 0.15) is 23.8 Å². The van der Waals surface area contributed by atoms with Gasteiger partial charge in [0.05, 0.1) is 12.3 Å². The van der Waals surface area contributed by atoms with Gasteiger partial charge in [-0.05, 0) is 39.6 Å². The Hall–Kier alpha value is -1.58. The Bertz CT molecular complexity index is 701. The molecule has 0 saturated carbocycles. The summed E-state index contributed by atoms with van der Waals surface area (Å²) in [4.78, 5) is 18.3. The van der Waals surface area contributed by atoms with E-state index in [4.69, 9.17) is 4.42 Å². The summed E-state index contributed by atoms with van der Waals surface area (Å²) in [5.41, 5.74) is 0. The van der Waals surface area contributed by atoms with Crippen molar-refractivity contribution in [3.8, 4) is 0 Å². The number of rotatable bonds is 11. The highest BCUT2D eigenvalue weighted by atomic mass is 32.2. The fourth-order valence-electron chi connectivity index (χ4n) is 2.52. The molecule has 0 bridgehead atoms. The van der Waals surface area contributed by atoms with Crippen molar-refractivity contribution in [3.63, 3.8) is 0 Å². The number of amides is 2. The quantitative estimate of drug-likeness (QED) is 0.439. The lowest BCUT2D eigenvalue weighted by molar-refractivity contribution is 0.226. The van der Waals surface area contributed by atoms with Gasteiger partial charge in [0, 0.05) is 37.8 Å². The molecule has 0 aromatic carbocycles. The molecule has 2 heterocycles. The minimum atomic E-state index is -0.160. The van der Waals surface area contributed by atoms with E-state index in [0.29, 0.717) is 13.1 Å². The Balaban J connectivity index is 1.54. The van der Waals surface area contributed by atoms with Gasteiger partial charge in [-0.1, -0.05) is 12.8 Å². The minimum Gasteiger partial charge on any atom is -0.464 e. The number of furan rings is 1. The molecule has 0 spiro atoms. The van der Waals surface area contributed by atoms with E-state index in [9.17, 15) is 4.79 Å². The summed E-state index contributed by atoms with van der Waals surface area (Å²) in [6, 6.07) is 3.87. The van der Waals surface area contributed by atoms with Crippen molar-refractivity contribution in [1.29, 1.82) is 0 Å². The molecule has 0 aliphatic heterocycles. The summed E-state index contributed by atoms with van der Waals surface area (Å²) in [5, 5.41) is 2.89. The average Bonchev–Trinajstić information content (AvgIpc) is 3.23. The molecule has 0 fully saturated rings. The van der Waals surface area contributed by atoms with Crippen LogP contribution in [0.25, 0.3) is 0 Å². The van der Waals surface area contributed by atoms with Gasteiger partial charge in [-0.3, -0.25) is 4.31 Å². The smallest absolute Gasteiger partial charge is 0.327 e. The number of imidazole rings is 1. The number of thiol groups is 1. The highest BCUT2D eigenvalue weighted by Gasteiger charge is 2.09. The Labute approximate surface area is 171 Å². The maximum atomic E-state index is 12.0. The molecule has 7 nitrogen and oxygen atoms in total. The number of aromatic nitrogens is 2. The third kappa shape index (κ3) is 7.90. The van der Waals surface area contributed by atoms with Crippen LogP contribution >= 0.6 is 24.6 Å².